The number of hydrogen-bond donors (Lipinski definition) is 1. The van der Waals surface area contributed by atoms with Crippen LogP contribution in [0.4, 0.5) is 11.7 Å². The van der Waals surface area contributed by atoms with Gasteiger partial charge in [0.2, 0.25) is 5.89 Å². The minimum Gasteiger partial charge on any atom is -0.495 e. The fourth-order valence-electron chi connectivity index (χ4n) is 2.06. The van der Waals surface area contributed by atoms with Crippen LogP contribution in [0.1, 0.15) is 0 Å². The summed E-state index contributed by atoms with van der Waals surface area (Å²) in [6.45, 7) is 2.86. The fraction of sp³-hybridized carbons (Fsp3) is 0.385. The van der Waals surface area contributed by atoms with Crippen molar-refractivity contribution in [2.24, 2.45) is 0 Å². The molecule has 7 nitrogen and oxygen atoms in total. The van der Waals surface area contributed by atoms with Gasteiger partial charge in [-0.3, -0.25) is 0 Å². The second-order valence-electron chi connectivity index (χ2n) is 4.45. The molecule has 0 spiro atoms. The van der Waals surface area contributed by atoms with Crippen LogP contribution in [-0.4, -0.2) is 43.6 Å². The minimum absolute atomic E-state index is 0.449. The van der Waals surface area contributed by atoms with Crippen molar-refractivity contribution in [3.63, 3.8) is 0 Å². The quantitative estimate of drug-likeness (QED) is 0.842. The summed E-state index contributed by atoms with van der Waals surface area (Å²) in [7, 11) is 1.57. The molecule has 0 radical (unpaired) electrons. The topological polar surface area (TPSA) is 86.6 Å². The number of anilines is 2. The molecule has 0 atom stereocenters. The Hall–Kier alpha value is -2.28. The van der Waals surface area contributed by atoms with Crippen LogP contribution < -0.4 is 15.4 Å². The highest BCUT2D eigenvalue weighted by Crippen LogP contribution is 2.29. The van der Waals surface area contributed by atoms with Crippen LogP contribution in [0.2, 0.25) is 0 Å². The number of nitrogens with two attached hydrogens (primary N) is 1. The molecule has 1 aromatic heterocycles. The predicted molar refractivity (Wildman–Crippen MR) is 73.7 cm³/mol. The maximum absolute atomic E-state index is 5.79. The molecule has 0 saturated carbocycles. The van der Waals surface area contributed by atoms with E-state index in [0.29, 0.717) is 36.6 Å². The number of nitrogens with zero attached hydrogens (tertiary/aromatic N) is 3. The Morgan fingerprint density at radius 3 is 2.80 bits per heavy atom. The van der Waals surface area contributed by atoms with E-state index in [2.05, 4.69) is 10.2 Å². The van der Waals surface area contributed by atoms with Gasteiger partial charge in [0.1, 0.15) is 5.75 Å². The van der Waals surface area contributed by atoms with E-state index >= 15 is 0 Å². The molecule has 0 unspecified atom stereocenters. The normalized spacial score (nSPS) is 15.3. The van der Waals surface area contributed by atoms with Gasteiger partial charge in [0.25, 0.3) is 0 Å². The number of nitrogen functional groups attached to an aromatic ring is 1. The number of benzene rings is 1. The molecule has 0 aliphatic carbocycles. The summed E-state index contributed by atoms with van der Waals surface area (Å²) in [5.41, 5.74) is 7.14. The van der Waals surface area contributed by atoms with Crippen molar-refractivity contribution in [3.8, 4) is 17.2 Å². The zero-order valence-electron chi connectivity index (χ0n) is 11.2. The molecular weight excluding hydrogens is 260 g/mol. The standard InChI is InChI=1S/C13H16N4O3/c1-18-11-8-9(2-3-10(11)14)12-15-16-13(20-12)17-4-6-19-7-5-17/h2-3,8H,4-7,14H2,1H3. The summed E-state index contributed by atoms with van der Waals surface area (Å²) in [6, 6.07) is 5.88. The first-order valence-electron chi connectivity index (χ1n) is 6.38. The van der Waals surface area contributed by atoms with Crippen LogP contribution >= 0.6 is 0 Å². The Labute approximate surface area is 116 Å². The molecule has 106 valence electrons. The highest BCUT2D eigenvalue weighted by Gasteiger charge is 2.18. The lowest BCUT2D eigenvalue weighted by Gasteiger charge is -2.24. The number of aromatic nitrogens is 2. The lowest BCUT2D eigenvalue weighted by atomic mass is 10.2. The highest BCUT2D eigenvalue weighted by atomic mass is 16.5. The lowest BCUT2D eigenvalue weighted by Crippen LogP contribution is -2.36. The molecule has 2 N–H and O–H groups in total. The van der Waals surface area contributed by atoms with Gasteiger partial charge in [0.15, 0.2) is 0 Å². The molecule has 3 rings (SSSR count). The maximum atomic E-state index is 5.79. The summed E-state index contributed by atoms with van der Waals surface area (Å²) >= 11 is 0. The smallest absolute Gasteiger partial charge is 0.318 e. The van der Waals surface area contributed by atoms with E-state index in [0.717, 1.165) is 18.7 Å². The Balaban J connectivity index is 1.85. The number of rotatable bonds is 3. The summed E-state index contributed by atoms with van der Waals surface area (Å²) in [6.07, 6.45) is 0. The van der Waals surface area contributed by atoms with Crippen LogP contribution in [-0.2, 0) is 4.74 Å². The lowest BCUT2D eigenvalue weighted by molar-refractivity contribution is 0.120. The third-order valence-corrected chi connectivity index (χ3v) is 3.18. The van der Waals surface area contributed by atoms with Gasteiger partial charge in [-0.05, 0) is 18.2 Å². The number of methoxy groups -OCH3 is 1. The molecular formula is C13H16N4O3. The summed E-state index contributed by atoms with van der Waals surface area (Å²) in [5, 5.41) is 8.15. The predicted octanol–water partition coefficient (Wildman–Crippen LogP) is 1.16. The molecule has 1 aliphatic rings. The Morgan fingerprint density at radius 1 is 1.25 bits per heavy atom. The van der Waals surface area contributed by atoms with Crippen molar-refractivity contribution < 1.29 is 13.9 Å². The van der Waals surface area contributed by atoms with E-state index in [1.807, 2.05) is 11.0 Å². The Morgan fingerprint density at radius 2 is 2.05 bits per heavy atom. The van der Waals surface area contributed by atoms with Gasteiger partial charge < -0.3 is 24.5 Å². The van der Waals surface area contributed by atoms with Crippen molar-refractivity contribution in [2.75, 3.05) is 44.0 Å². The van der Waals surface area contributed by atoms with Crippen LogP contribution in [0.15, 0.2) is 22.6 Å². The maximum Gasteiger partial charge on any atom is 0.318 e. The molecule has 20 heavy (non-hydrogen) atoms. The molecule has 1 saturated heterocycles. The van der Waals surface area contributed by atoms with Gasteiger partial charge in [0, 0.05) is 18.7 Å². The van der Waals surface area contributed by atoms with E-state index in [9.17, 15) is 0 Å². The fourth-order valence-corrected chi connectivity index (χ4v) is 2.06. The van der Waals surface area contributed by atoms with E-state index in [1.165, 1.54) is 0 Å². The minimum atomic E-state index is 0.449. The molecule has 0 amide bonds. The van der Waals surface area contributed by atoms with Crippen LogP contribution in [0.25, 0.3) is 11.5 Å². The van der Waals surface area contributed by atoms with Gasteiger partial charge in [-0.2, -0.15) is 0 Å². The van der Waals surface area contributed by atoms with Crippen LogP contribution in [0.5, 0.6) is 5.75 Å². The third kappa shape index (κ3) is 2.39. The van der Waals surface area contributed by atoms with E-state index < -0.39 is 0 Å². The van der Waals surface area contributed by atoms with Crippen molar-refractivity contribution in [1.29, 1.82) is 0 Å². The molecule has 2 heterocycles. The molecule has 1 aliphatic heterocycles. The number of ether oxygens (including phenoxy) is 2. The average Bonchev–Trinajstić information content (AvgIpc) is 2.98. The van der Waals surface area contributed by atoms with Gasteiger partial charge in [-0.15, -0.1) is 5.10 Å². The zero-order valence-corrected chi connectivity index (χ0v) is 11.2. The van der Waals surface area contributed by atoms with E-state index in [4.69, 9.17) is 19.6 Å². The van der Waals surface area contributed by atoms with Crippen molar-refractivity contribution in [3.05, 3.63) is 18.2 Å². The number of hydrogen-bond acceptors (Lipinski definition) is 7. The SMILES string of the molecule is COc1cc(-c2nnc(N3CCOCC3)o2)ccc1N. The first-order valence-corrected chi connectivity index (χ1v) is 6.38. The zero-order chi connectivity index (χ0) is 13.9. The molecule has 2 aromatic rings. The number of morpholine rings is 1. The van der Waals surface area contributed by atoms with Gasteiger partial charge in [-0.1, -0.05) is 5.10 Å². The Bertz CT molecular complexity index is 593. The van der Waals surface area contributed by atoms with Crippen molar-refractivity contribution in [1.82, 2.24) is 10.2 Å². The van der Waals surface area contributed by atoms with Crippen LogP contribution in [0.3, 0.4) is 0 Å². The second-order valence-corrected chi connectivity index (χ2v) is 4.45. The van der Waals surface area contributed by atoms with Crippen molar-refractivity contribution >= 4 is 11.7 Å². The van der Waals surface area contributed by atoms with Gasteiger partial charge >= 0.3 is 6.01 Å². The average molecular weight is 276 g/mol. The molecule has 1 aromatic carbocycles. The van der Waals surface area contributed by atoms with Crippen molar-refractivity contribution in [2.45, 2.75) is 0 Å². The molecule has 1 fully saturated rings. The molecule has 7 heteroatoms. The highest BCUT2D eigenvalue weighted by molar-refractivity contribution is 5.64. The van der Waals surface area contributed by atoms with Crippen LogP contribution in [0, 0.1) is 0 Å². The van der Waals surface area contributed by atoms with E-state index in [1.54, 1.807) is 19.2 Å². The summed E-state index contributed by atoms with van der Waals surface area (Å²) < 4.78 is 16.2. The first-order chi connectivity index (χ1) is 9.78. The summed E-state index contributed by atoms with van der Waals surface area (Å²) in [5.74, 6) is 1.04. The van der Waals surface area contributed by atoms with Gasteiger partial charge in [0.05, 0.1) is 26.0 Å². The third-order valence-electron chi connectivity index (χ3n) is 3.18. The monoisotopic (exact) mass is 276 g/mol. The first kappa shape index (κ1) is 12.7. The Kier molecular flexibility index (Phi) is 3.42. The largest absolute Gasteiger partial charge is 0.495 e. The second kappa shape index (κ2) is 5.38. The summed E-state index contributed by atoms with van der Waals surface area (Å²) in [4.78, 5) is 2.01. The van der Waals surface area contributed by atoms with Gasteiger partial charge in [-0.25, -0.2) is 0 Å². The molecule has 0 bridgehead atoms. The van der Waals surface area contributed by atoms with E-state index in [-0.39, 0.29) is 0 Å².